The molecule has 0 aliphatic carbocycles. The van der Waals surface area contributed by atoms with Gasteiger partial charge in [-0.05, 0) is 28.9 Å². The molecule has 6 heteroatoms. The number of hydrogen-bond acceptors (Lipinski definition) is 3. The van der Waals surface area contributed by atoms with Gasteiger partial charge in [0.1, 0.15) is 0 Å². The molecular formula is C9H10BrNO3S. The van der Waals surface area contributed by atoms with E-state index >= 15 is 0 Å². The first kappa shape index (κ1) is 12.2. The summed E-state index contributed by atoms with van der Waals surface area (Å²) in [5.41, 5.74) is 0. The lowest BCUT2D eigenvalue weighted by molar-refractivity contribution is -0.146. The Morgan fingerprint density at radius 1 is 1.80 bits per heavy atom. The van der Waals surface area contributed by atoms with Crippen LogP contribution in [0.25, 0.3) is 0 Å². The lowest BCUT2D eigenvalue weighted by atomic mass is 10.2. The van der Waals surface area contributed by atoms with Crippen molar-refractivity contribution in [3.05, 3.63) is 20.8 Å². The summed E-state index contributed by atoms with van der Waals surface area (Å²) in [7, 11) is 0. The number of aliphatic carboxylic acids is 1. The van der Waals surface area contributed by atoms with E-state index in [9.17, 15) is 9.59 Å². The Labute approximate surface area is 99.6 Å². The molecule has 1 N–H and O–H groups in total. The number of carboxylic acid groups (broad SMARTS) is 1. The van der Waals surface area contributed by atoms with E-state index < -0.39 is 12.0 Å². The van der Waals surface area contributed by atoms with Crippen molar-refractivity contribution in [2.24, 2.45) is 0 Å². The average Bonchev–Trinajstić information content (AvgIpc) is 2.59. The molecule has 0 saturated heterocycles. The van der Waals surface area contributed by atoms with Crippen LogP contribution in [0.1, 0.15) is 17.8 Å². The maximum atomic E-state index is 11.1. The molecule has 0 saturated carbocycles. The topological polar surface area (TPSA) is 57.6 Å². The number of carbonyl (C=O) groups excluding carboxylic acids is 1. The molecule has 1 aromatic heterocycles. The number of carboxylic acids is 1. The second kappa shape index (κ2) is 5.27. The molecule has 1 rings (SSSR count). The molecule has 1 heterocycles. The number of hydrogen-bond donors (Lipinski definition) is 1. The minimum absolute atomic E-state index is 0.371. The lowest BCUT2D eigenvalue weighted by Gasteiger charge is -2.22. The standard InChI is InChI=1S/C9H10BrNO3S/c1-2-11(5-12)8(9(13)14)7-3-6(10)4-15-7/h3-5,8H,2H2,1H3,(H,13,14). The zero-order chi connectivity index (χ0) is 11.4. The van der Waals surface area contributed by atoms with Crippen molar-refractivity contribution in [1.29, 1.82) is 0 Å². The number of rotatable bonds is 5. The summed E-state index contributed by atoms with van der Waals surface area (Å²) in [5, 5.41) is 10.9. The Morgan fingerprint density at radius 2 is 2.47 bits per heavy atom. The van der Waals surface area contributed by atoms with Crippen LogP contribution in [0.2, 0.25) is 0 Å². The van der Waals surface area contributed by atoms with Crippen LogP contribution in [0.15, 0.2) is 15.9 Å². The van der Waals surface area contributed by atoms with Crippen LogP contribution in [-0.2, 0) is 9.59 Å². The first-order chi connectivity index (χ1) is 7.10. The van der Waals surface area contributed by atoms with Gasteiger partial charge in [0.2, 0.25) is 6.41 Å². The van der Waals surface area contributed by atoms with Crippen molar-refractivity contribution in [2.75, 3.05) is 6.54 Å². The van der Waals surface area contributed by atoms with Crippen molar-refractivity contribution in [3.8, 4) is 0 Å². The highest BCUT2D eigenvalue weighted by Gasteiger charge is 2.26. The third kappa shape index (κ3) is 2.79. The molecule has 0 aliphatic heterocycles. The second-order valence-electron chi connectivity index (χ2n) is 2.84. The lowest BCUT2D eigenvalue weighted by Crippen LogP contribution is -2.32. The van der Waals surface area contributed by atoms with Crippen LogP contribution >= 0.6 is 27.3 Å². The van der Waals surface area contributed by atoms with Crippen molar-refractivity contribution >= 4 is 39.6 Å². The van der Waals surface area contributed by atoms with Crippen molar-refractivity contribution in [2.45, 2.75) is 13.0 Å². The zero-order valence-electron chi connectivity index (χ0n) is 8.01. The van der Waals surface area contributed by atoms with Gasteiger partial charge in [0.15, 0.2) is 6.04 Å². The Hall–Kier alpha value is -0.880. The van der Waals surface area contributed by atoms with E-state index in [2.05, 4.69) is 15.9 Å². The van der Waals surface area contributed by atoms with E-state index in [-0.39, 0.29) is 0 Å². The molecule has 0 spiro atoms. The highest BCUT2D eigenvalue weighted by molar-refractivity contribution is 9.10. The molecule has 1 atom stereocenters. The molecule has 0 bridgehead atoms. The first-order valence-electron chi connectivity index (χ1n) is 4.28. The molecule has 0 aromatic carbocycles. The van der Waals surface area contributed by atoms with Gasteiger partial charge in [-0.3, -0.25) is 4.79 Å². The molecule has 0 aliphatic rings. The maximum Gasteiger partial charge on any atom is 0.331 e. The Kier molecular flexibility index (Phi) is 4.28. The second-order valence-corrected chi connectivity index (χ2v) is 4.70. The molecule has 1 aromatic rings. The van der Waals surface area contributed by atoms with Gasteiger partial charge in [0, 0.05) is 21.3 Å². The molecule has 1 amide bonds. The Morgan fingerprint density at radius 3 is 2.80 bits per heavy atom. The minimum Gasteiger partial charge on any atom is -0.479 e. The fourth-order valence-corrected chi connectivity index (χ4v) is 2.77. The summed E-state index contributed by atoms with van der Waals surface area (Å²) >= 11 is 4.57. The zero-order valence-corrected chi connectivity index (χ0v) is 10.4. The number of amides is 1. The van der Waals surface area contributed by atoms with E-state index in [4.69, 9.17) is 5.11 Å². The van der Waals surface area contributed by atoms with Gasteiger partial charge in [-0.1, -0.05) is 0 Å². The predicted molar refractivity (Wildman–Crippen MR) is 60.8 cm³/mol. The van der Waals surface area contributed by atoms with Gasteiger partial charge < -0.3 is 10.0 Å². The largest absolute Gasteiger partial charge is 0.479 e. The molecule has 0 fully saturated rings. The van der Waals surface area contributed by atoms with Crippen LogP contribution in [0, 0.1) is 0 Å². The summed E-state index contributed by atoms with van der Waals surface area (Å²) in [6.45, 7) is 2.11. The number of carbonyl (C=O) groups is 2. The van der Waals surface area contributed by atoms with Crippen LogP contribution in [0.3, 0.4) is 0 Å². The minimum atomic E-state index is -1.02. The highest BCUT2D eigenvalue weighted by Crippen LogP contribution is 2.29. The van der Waals surface area contributed by atoms with Gasteiger partial charge in [-0.15, -0.1) is 11.3 Å². The van der Waals surface area contributed by atoms with E-state index in [0.29, 0.717) is 17.8 Å². The Bertz CT molecular complexity index is 366. The van der Waals surface area contributed by atoms with Gasteiger partial charge >= 0.3 is 5.97 Å². The van der Waals surface area contributed by atoms with Crippen LogP contribution in [-0.4, -0.2) is 28.9 Å². The van der Waals surface area contributed by atoms with E-state index in [1.165, 1.54) is 16.2 Å². The molecule has 0 radical (unpaired) electrons. The van der Waals surface area contributed by atoms with Crippen molar-refractivity contribution in [1.82, 2.24) is 4.90 Å². The third-order valence-electron chi connectivity index (χ3n) is 1.92. The van der Waals surface area contributed by atoms with Gasteiger partial charge in [-0.2, -0.15) is 0 Å². The molecule has 1 unspecified atom stereocenters. The first-order valence-corrected chi connectivity index (χ1v) is 5.95. The fraction of sp³-hybridized carbons (Fsp3) is 0.333. The van der Waals surface area contributed by atoms with Gasteiger partial charge in [0.05, 0.1) is 0 Å². The van der Waals surface area contributed by atoms with Gasteiger partial charge in [-0.25, -0.2) is 4.79 Å². The molecular weight excluding hydrogens is 282 g/mol. The maximum absolute atomic E-state index is 11.1. The molecule has 82 valence electrons. The van der Waals surface area contributed by atoms with E-state index in [0.717, 1.165) is 4.47 Å². The van der Waals surface area contributed by atoms with Gasteiger partial charge in [0.25, 0.3) is 0 Å². The average molecular weight is 292 g/mol. The molecule has 4 nitrogen and oxygen atoms in total. The van der Waals surface area contributed by atoms with E-state index in [1.807, 2.05) is 0 Å². The Balaban J connectivity index is 3.02. The predicted octanol–water partition coefficient (Wildman–Crippen LogP) is 2.11. The number of nitrogens with zero attached hydrogens (tertiary/aromatic N) is 1. The fourth-order valence-electron chi connectivity index (χ4n) is 1.22. The quantitative estimate of drug-likeness (QED) is 0.846. The summed E-state index contributed by atoms with van der Waals surface area (Å²) in [5.74, 6) is -1.02. The van der Waals surface area contributed by atoms with Crippen molar-refractivity contribution < 1.29 is 14.7 Å². The monoisotopic (exact) mass is 291 g/mol. The summed E-state index contributed by atoms with van der Waals surface area (Å²) in [4.78, 5) is 23.7. The summed E-state index contributed by atoms with van der Waals surface area (Å²) in [6.07, 6.45) is 0.562. The van der Waals surface area contributed by atoms with Crippen LogP contribution < -0.4 is 0 Å². The van der Waals surface area contributed by atoms with Crippen molar-refractivity contribution in [3.63, 3.8) is 0 Å². The normalized spacial score (nSPS) is 12.1. The smallest absolute Gasteiger partial charge is 0.331 e. The highest BCUT2D eigenvalue weighted by atomic mass is 79.9. The number of likely N-dealkylation sites (N-methyl/N-ethyl adjacent to an activating group) is 1. The number of halogens is 1. The summed E-state index contributed by atoms with van der Waals surface area (Å²) < 4.78 is 0.829. The molecule has 15 heavy (non-hydrogen) atoms. The third-order valence-corrected chi connectivity index (χ3v) is 3.67. The van der Waals surface area contributed by atoms with Crippen LogP contribution in [0.5, 0.6) is 0 Å². The number of thiophene rings is 1. The van der Waals surface area contributed by atoms with E-state index in [1.54, 1.807) is 18.4 Å². The van der Waals surface area contributed by atoms with Crippen LogP contribution in [0.4, 0.5) is 0 Å². The SMILES string of the molecule is CCN(C=O)C(C(=O)O)c1cc(Br)cs1. The summed E-state index contributed by atoms with van der Waals surface area (Å²) in [6, 6.07) is 0.832.